The highest BCUT2D eigenvalue weighted by Gasteiger charge is 2.28. The standard InChI is InChI=1S/C23H28BrN3O2/c1-26(2)21(17-6-4-3-5-7-17)16-25-22(28)18-12-14-27(15-13-18)23(29)19-8-10-20(24)11-9-19/h3-11,18,21H,12-16H2,1-2H3,(H,25,28). The number of benzene rings is 2. The fraction of sp³-hybridized carbons (Fsp3) is 0.391. The summed E-state index contributed by atoms with van der Waals surface area (Å²) < 4.78 is 0.955. The van der Waals surface area contributed by atoms with Crippen molar-refractivity contribution in [2.75, 3.05) is 33.7 Å². The number of nitrogens with one attached hydrogen (secondary N) is 1. The van der Waals surface area contributed by atoms with Crippen LogP contribution in [0, 0.1) is 5.92 Å². The summed E-state index contributed by atoms with van der Waals surface area (Å²) in [6, 6.07) is 17.8. The molecule has 1 heterocycles. The lowest BCUT2D eigenvalue weighted by Gasteiger charge is -2.32. The minimum absolute atomic E-state index is 0.0353. The Kier molecular flexibility index (Phi) is 7.45. The highest BCUT2D eigenvalue weighted by molar-refractivity contribution is 9.10. The van der Waals surface area contributed by atoms with Gasteiger partial charge in [0.05, 0.1) is 6.04 Å². The number of nitrogens with zero attached hydrogens (tertiary/aromatic N) is 2. The Morgan fingerprint density at radius 2 is 1.69 bits per heavy atom. The van der Waals surface area contributed by atoms with Gasteiger partial charge in [-0.15, -0.1) is 0 Å². The zero-order valence-corrected chi connectivity index (χ0v) is 18.6. The van der Waals surface area contributed by atoms with Crippen LogP contribution in [0.3, 0.4) is 0 Å². The first-order valence-corrected chi connectivity index (χ1v) is 10.8. The van der Waals surface area contributed by atoms with Crippen molar-refractivity contribution in [2.45, 2.75) is 18.9 Å². The molecule has 5 nitrogen and oxygen atoms in total. The Morgan fingerprint density at radius 3 is 2.28 bits per heavy atom. The molecule has 1 N–H and O–H groups in total. The van der Waals surface area contributed by atoms with Gasteiger partial charge in [-0.3, -0.25) is 9.59 Å². The van der Waals surface area contributed by atoms with E-state index in [4.69, 9.17) is 0 Å². The van der Waals surface area contributed by atoms with Crippen LogP contribution in [0.1, 0.15) is 34.8 Å². The Hall–Kier alpha value is -2.18. The number of rotatable bonds is 6. The second-order valence-corrected chi connectivity index (χ2v) is 8.62. The number of carbonyl (C=O) groups is 2. The summed E-state index contributed by atoms with van der Waals surface area (Å²) >= 11 is 3.39. The number of piperidine rings is 1. The Bertz CT molecular complexity index is 816. The highest BCUT2D eigenvalue weighted by atomic mass is 79.9. The summed E-state index contributed by atoms with van der Waals surface area (Å²) in [6.07, 6.45) is 1.40. The second-order valence-electron chi connectivity index (χ2n) is 7.71. The first-order chi connectivity index (χ1) is 14.0. The monoisotopic (exact) mass is 457 g/mol. The molecule has 6 heteroatoms. The zero-order valence-electron chi connectivity index (χ0n) is 17.0. The predicted octanol–water partition coefficient (Wildman–Crippen LogP) is 3.72. The molecule has 1 atom stereocenters. The van der Waals surface area contributed by atoms with Crippen molar-refractivity contribution in [1.82, 2.24) is 15.1 Å². The fourth-order valence-electron chi connectivity index (χ4n) is 3.74. The van der Waals surface area contributed by atoms with Crippen molar-refractivity contribution in [3.63, 3.8) is 0 Å². The molecule has 0 aliphatic carbocycles. The van der Waals surface area contributed by atoms with E-state index in [1.807, 2.05) is 61.5 Å². The van der Waals surface area contributed by atoms with E-state index >= 15 is 0 Å². The SMILES string of the molecule is CN(C)C(CNC(=O)C1CCN(C(=O)c2ccc(Br)cc2)CC1)c1ccccc1. The van der Waals surface area contributed by atoms with E-state index in [0.29, 0.717) is 38.0 Å². The maximum absolute atomic E-state index is 12.7. The van der Waals surface area contributed by atoms with Gasteiger partial charge in [0, 0.05) is 35.6 Å². The first kappa shape index (κ1) is 21.5. The lowest BCUT2D eigenvalue weighted by molar-refractivity contribution is -0.126. The van der Waals surface area contributed by atoms with Crippen molar-refractivity contribution in [3.05, 3.63) is 70.2 Å². The molecular formula is C23H28BrN3O2. The minimum Gasteiger partial charge on any atom is -0.354 e. The lowest BCUT2D eigenvalue weighted by Crippen LogP contribution is -2.44. The van der Waals surface area contributed by atoms with E-state index in [1.165, 1.54) is 5.56 Å². The molecule has 2 aromatic rings. The molecular weight excluding hydrogens is 430 g/mol. The molecule has 1 aliphatic rings. The normalized spacial score (nSPS) is 15.9. The quantitative estimate of drug-likeness (QED) is 0.718. The third kappa shape index (κ3) is 5.67. The van der Waals surface area contributed by atoms with Gasteiger partial charge >= 0.3 is 0 Å². The number of hydrogen-bond donors (Lipinski definition) is 1. The summed E-state index contributed by atoms with van der Waals surface area (Å²) in [6.45, 7) is 1.81. The fourth-order valence-corrected chi connectivity index (χ4v) is 4.00. The van der Waals surface area contributed by atoms with Crippen molar-refractivity contribution in [3.8, 4) is 0 Å². The van der Waals surface area contributed by atoms with Crippen LogP contribution in [0.15, 0.2) is 59.1 Å². The van der Waals surface area contributed by atoms with Crippen LogP contribution in [-0.2, 0) is 4.79 Å². The molecule has 1 aliphatic heterocycles. The van der Waals surface area contributed by atoms with Crippen molar-refractivity contribution < 1.29 is 9.59 Å². The Labute approximate surface area is 181 Å². The first-order valence-electron chi connectivity index (χ1n) is 9.99. The van der Waals surface area contributed by atoms with Crippen molar-refractivity contribution >= 4 is 27.7 Å². The van der Waals surface area contributed by atoms with E-state index in [-0.39, 0.29) is 23.8 Å². The molecule has 29 heavy (non-hydrogen) atoms. The molecule has 0 aromatic heterocycles. The number of likely N-dealkylation sites (N-methyl/N-ethyl adjacent to an activating group) is 1. The van der Waals surface area contributed by atoms with Crippen LogP contribution in [0.4, 0.5) is 0 Å². The average Bonchev–Trinajstić information content (AvgIpc) is 2.74. The minimum atomic E-state index is -0.0393. The number of hydrogen-bond acceptors (Lipinski definition) is 3. The average molecular weight is 458 g/mol. The Balaban J connectivity index is 1.50. The molecule has 0 spiro atoms. The number of halogens is 1. The molecule has 1 unspecified atom stereocenters. The molecule has 0 bridgehead atoms. The molecule has 154 valence electrons. The van der Waals surface area contributed by atoms with Gasteiger partial charge in [0.1, 0.15) is 0 Å². The number of carbonyl (C=O) groups excluding carboxylic acids is 2. The topological polar surface area (TPSA) is 52.7 Å². The third-order valence-corrected chi connectivity index (χ3v) is 6.05. The summed E-state index contributed by atoms with van der Waals surface area (Å²) in [7, 11) is 4.05. The second kappa shape index (κ2) is 10.0. The maximum Gasteiger partial charge on any atom is 0.253 e. The van der Waals surface area contributed by atoms with Crippen LogP contribution in [0.25, 0.3) is 0 Å². The van der Waals surface area contributed by atoms with Gasteiger partial charge in [0.25, 0.3) is 5.91 Å². The molecule has 2 aromatic carbocycles. The predicted molar refractivity (Wildman–Crippen MR) is 119 cm³/mol. The van der Waals surface area contributed by atoms with E-state index in [1.54, 1.807) is 0 Å². The van der Waals surface area contributed by atoms with Gasteiger partial charge in [-0.1, -0.05) is 46.3 Å². The van der Waals surface area contributed by atoms with E-state index in [2.05, 4.69) is 38.3 Å². The van der Waals surface area contributed by atoms with Crippen LogP contribution >= 0.6 is 15.9 Å². The zero-order chi connectivity index (χ0) is 20.8. The third-order valence-electron chi connectivity index (χ3n) is 5.52. The molecule has 3 rings (SSSR count). The van der Waals surface area contributed by atoms with Crippen molar-refractivity contribution in [1.29, 1.82) is 0 Å². The van der Waals surface area contributed by atoms with E-state index < -0.39 is 0 Å². The molecule has 1 fully saturated rings. The summed E-state index contributed by atoms with van der Waals surface area (Å²) in [5, 5.41) is 3.13. The van der Waals surface area contributed by atoms with Crippen LogP contribution in [0.2, 0.25) is 0 Å². The summed E-state index contributed by atoms with van der Waals surface area (Å²) in [5.41, 5.74) is 1.88. The van der Waals surface area contributed by atoms with Gasteiger partial charge in [-0.25, -0.2) is 0 Å². The molecule has 0 saturated carbocycles. The van der Waals surface area contributed by atoms with E-state index in [0.717, 1.165) is 4.47 Å². The largest absolute Gasteiger partial charge is 0.354 e. The molecule has 0 radical (unpaired) electrons. The number of amides is 2. The highest BCUT2D eigenvalue weighted by Crippen LogP contribution is 2.21. The maximum atomic E-state index is 12.7. The summed E-state index contributed by atoms with van der Waals surface area (Å²) in [4.78, 5) is 29.3. The van der Waals surface area contributed by atoms with Gasteiger partial charge in [0.2, 0.25) is 5.91 Å². The molecule has 1 saturated heterocycles. The Morgan fingerprint density at radius 1 is 1.07 bits per heavy atom. The smallest absolute Gasteiger partial charge is 0.253 e. The molecule has 2 amide bonds. The van der Waals surface area contributed by atoms with Gasteiger partial charge < -0.3 is 15.1 Å². The number of likely N-dealkylation sites (tertiary alicyclic amines) is 1. The lowest BCUT2D eigenvalue weighted by atomic mass is 9.95. The van der Waals surface area contributed by atoms with E-state index in [9.17, 15) is 9.59 Å². The van der Waals surface area contributed by atoms with Crippen LogP contribution in [-0.4, -0.2) is 55.3 Å². The van der Waals surface area contributed by atoms with Gasteiger partial charge in [0.15, 0.2) is 0 Å². The van der Waals surface area contributed by atoms with Crippen LogP contribution < -0.4 is 5.32 Å². The van der Waals surface area contributed by atoms with Gasteiger partial charge in [-0.2, -0.15) is 0 Å². The summed E-state index contributed by atoms with van der Waals surface area (Å²) in [5.74, 6) is 0.0826. The van der Waals surface area contributed by atoms with Crippen molar-refractivity contribution in [2.24, 2.45) is 5.92 Å². The van der Waals surface area contributed by atoms with Crippen LogP contribution in [0.5, 0.6) is 0 Å². The van der Waals surface area contributed by atoms with Gasteiger partial charge in [-0.05, 0) is 56.8 Å².